The van der Waals surface area contributed by atoms with Crippen molar-refractivity contribution in [1.82, 2.24) is 4.90 Å². The van der Waals surface area contributed by atoms with Gasteiger partial charge in [0.2, 0.25) is 0 Å². The molecule has 3 heteroatoms. The van der Waals surface area contributed by atoms with E-state index in [0.29, 0.717) is 18.6 Å². The van der Waals surface area contributed by atoms with Crippen LogP contribution in [0.15, 0.2) is 0 Å². The maximum atomic E-state index is 9.10. The van der Waals surface area contributed by atoms with Crippen LogP contribution in [0.3, 0.4) is 0 Å². The molecule has 3 N–H and O–H groups in total. The van der Waals surface area contributed by atoms with Crippen LogP contribution in [0, 0.1) is 11.8 Å². The van der Waals surface area contributed by atoms with Gasteiger partial charge >= 0.3 is 0 Å². The van der Waals surface area contributed by atoms with Crippen LogP contribution >= 0.6 is 0 Å². The summed E-state index contributed by atoms with van der Waals surface area (Å²) in [5, 5.41) is 9.10. The summed E-state index contributed by atoms with van der Waals surface area (Å²) in [5.41, 5.74) is 6.18. The Morgan fingerprint density at radius 1 is 1.06 bits per heavy atom. The van der Waals surface area contributed by atoms with Crippen LogP contribution in [0.4, 0.5) is 0 Å². The van der Waals surface area contributed by atoms with Gasteiger partial charge in [-0.15, -0.1) is 0 Å². The van der Waals surface area contributed by atoms with Crippen molar-refractivity contribution in [1.29, 1.82) is 0 Å². The first-order valence-corrected chi connectivity index (χ1v) is 6.88. The molecule has 94 valence electrons. The van der Waals surface area contributed by atoms with E-state index in [1.54, 1.807) is 0 Å². The van der Waals surface area contributed by atoms with Crippen LogP contribution in [-0.2, 0) is 0 Å². The highest BCUT2D eigenvalue weighted by molar-refractivity contribution is 4.82. The zero-order valence-corrected chi connectivity index (χ0v) is 10.3. The van der Waals surface area contributed by atoms with E-state index >= 15 is 0 Å². The quantitative estimate of drug-likeness (QED) is 0.760. The van der Waals surface area contributed by atoms with E-state index in [0.717, 1.165) is 19.0 Å². The van der Waals surface area contributed by atoms with Crippen LogP contribution in [-0.4, -0.2) is 42.3 Å². The molecule has 2 unspecified atom stereocenters. The lowest BCUT2D eigenvalue weighted by Crippen LogP contribution is -2.44. The van der Waals surface area contributed by atoms with Crippen molar-refractivity contribution in [2.24, 2.45) is 17.6 Å². The van der Waals surface area contributed by atoms with Gasteiger partial charge in [0.25, 0.3) is 0 Å². The van der Waals surface area contributed by atoms with Gasteiger partial charge in [-0.2, -0.15) is 0 Å². The smallest absolute Gasteiger partial charge is 0.0460 e. The van der Waals surface area contributed by atoms with E-state index in [2.05, 4.69) is 4.90 Å². The lowest BCUT2D eigenvalue weighted by atomic mass is 9.84. The van der Waals surface area contributed by atoms with E-state index in [-0.39, 0.29) is 0 Å². The van der Waals surface area contributed by atoms with Crippen LogP contribution < -0.4 is 5.73 Å². The SMILES string of the molecule is NC1CCCCC1CN1CCC(CO)CC1. The summed E-state index contributed by atoms with van der Waals surface area (Å²) >= 11 is 0. The van der Waals surface area contributed by atoms with Gasteiger partial charge in [-0.1, -0.05) is 12.8 Å². The molecule has 0 aromatic heterocycles. The molecule has 0 radical (unpaired) electrons. The number of aliphatic hydroxyl groups excluding tert-OH is 1. The molecule has 16 heavy (non-hydrogen) atoms. The fourth-order valence-electron chi connectivity index (χ4n) is 3.15. The molecule has 1 saturated carbocycles. The predicted octanol–water partition coefficient (Wildman–Crippen LogP) is 1.21. The highest BCUT2D eigenvalue weighted by Gasteiger charge is 2.26. The summed E-state index contributed by atoms with van der Waals surface area (Å²) in [5.74, 6) is 1.27. The number of nitrogens with two attached hydrogens (primary N) is 1. The maximum Gasteiger partial charge on any atom is 0.0460 e. The molecule has 0 aromatic rings. The molecule has 2 aliphatic rings. The van der Waals surface area contributed by atoms with Crippen molar-refractivity contribution in [3.63, 3.8) is 0 Å². The first-order chi connectivity index (χ1) is 7.79. The minimum atomic E-state index is 0.372. The van der Waals surface area contributed by atoms with Gasteiger partial charge in [0.1, 0.15) is 0 Å². The van der Waals surface area contributed by atoms with Crippen LogP contribution in [0.2, 0.25) is 0 Å². The van der Waals surface area contributed by atoms with E-state index in [9.17, 15) is 0 Å². The molecule has 0 bridgehead atoms. The standard InChI is InChI=1S/C13H26N2O/c14-13-4-2-1-3-12(13)9-15-7-5-11(10-16)6-8-15/h11-13,16H,1-10,14H2. The largest absolute Gasteiger partial charge is 0.396 e. The van der Waals surface area contributed by atoms with Crippen molar-refractivity contribution >= 4 is 0 Å². The second-order valence-electron chi connectivity index (χ2n) is 5.63. The molecule has 0 aromatic carbocycles. The average Bonchev–Trinajstić information content (AvgIpc) is 2.33. The molecule has 0 spiro atoms. The number of piperidine rings is 1. The fraction of sp³-hybridized carbons (Fsp3) is 1.00. The van der Waals surface area contributed by atoms with Gasteiger partial charge < -0.3 is 15.7 Å². The monoisotopic (exact) mass is 226 g/mol. The highest BCUT2D eigenvalue weighted by atomic mass is 16.3. The number of hydrogen-bond acceptors (Lipinski definition) is 3. The summed E-state index contributed by atoms with van der Waals surface area (Å²) in [7, 11) is 0. The summed E-state index contributed by atoms with van der Waals surface area (Å²) in [6.45, 7) is 3.89. The van der Waals surface area contributed by atoms with Crippen LogP contribution in [0.5, 0.6) is 0 Å². The number of aliphatic hydroxyl groups is 1. The third kappa shape index (κ3) is 3.19. The molecule has 1 aliphatic heterocycles. The molecule has 2 fully saturated rings. The number of hydrogen-bond donors (Lipinski definition) is 2. The second kappa shape index (κ2) is 5.99. The third-order valence-corrected chi connectivity index (χ3v) is 4.43. The molecule has 0 amide bonds. The van der Waals surface area contributed by atoms with E-state index in [1.165, 1.54) is 45.1 Å². The molecule has 2 atom stereocenters. The van der Waals surface area contributed by atoms with Crippen molar-refractivity contribution in [2.45, 2.75) is 44.6 Å². The Morgan fingerprint density at radius 2 is 1.75 bits per heavy atom. The number of nitrogens with zero attached hydrogens (tertiary/aromatic N) is 1. The summed E-state index contributed by atoms with van der Waals surface area (Å²) in [6.07, 6.45) is 7.56. The molecular weight excluding hydrogens is 200 g/mol. The fourth-order valence-corrected chi connectivity index (χ4v) is 3.15. The van der Waals surface area contributed by atoms with Gasteiger partial charge in [-0.25, -0.2) is 0 Å². The van der Waals surface area contributed by atoms with Crippen LogP contribution in [0.25, 0.3) is 0 Å². The molecule has 1 aliphatic carbocycles. The minimum Gasteiger partial charge on any atom is -0.396 e. The minimum absolute atomic E-state index is 0.372. The highest BCUT2D eigenvalue weighted by Crippen LogP contribution is 2.25. The topological polar surface area (TPSA) is 49.5 Å². The zero-order valence-electron chi connectivity index (χ0n) is 10.3. The normalized spacial score (nSPS) is 34.1. The Hall–Kier alpha value is -0.120. The lowest BCUT2D eigenvalue weighted by Gasteiger charge is -2.37. The summed E-state index contributed by atoms with van der Waals surface area (Å²) in [6, 6.07) is 0.435. The van der Waals surface area contributed by atoms with Gasteiger partial charge in [-0.05, 0) is 50.6 Å². The van der Waals surface area contributed by atoms with E-state index in [4.69, 9.17) is 10.8 Å². The van der Waals surface area contributed by atoms with Gasteiger partial charge in [0.15, 0.2) is 0 Å². The summed E-state index contributed by atoms with van der Waals surface area (Å²) in [4.78, 5) is 2.56. The Labute approximate surface area is 99.0 Å². The molecule has 3 nitrogen and oxygen atoms in total. The van der Waals surface area contributed by atoms with Crippen molar-refractivity contribution in [2.75, 3.05) is 26.2 Å². The third-order valence-electron chi connectivity index (χ3n) is 4.43. The van der Waals surface area contributed by atoms with Gasteiger partial charge in [-0.3, -0.25) is 0 Å². The number of rotatable bonds is 3. The first-order valence-electron chi connectivity index (χ1n) is 6.88. The Bertz CT molecular complexity index is 202. The van der Waals surface area contributed by atoms with Crippen molar-refractivity contribution < 1.29 is 5.11 Å². The molecule has 2 rings (SSSR count). The van der Waals surface area contributed by atoms with Crippen molar-refractivity contribution in [3.05, 3.63) is 0 Å². The van der Waals surface area contributed by atoms with Crippen molar-refractivity contribution in [3.8, 4) is 0 Å². The average molecular weight is 226 g/mol. The molecule has 1 saturated heterocycles. The maximum absolute atomic E-state index is 9.10. The number of likely N-dealkylation sites (tertiary alicyclic amines) is 1. The summed E-state index contributed by atoms with van der Waals surface area (Å²) < 4.78 is 0. The first kappa shape index (κ1) is 12.3. The molecule has 1 heterocycles. The Balaban J connectivity index is 1.73. The van der Waals surface area contributed by atoms with Gasteiger partial charge in [0.05, 0.1) is 0 Å². The second-order valence-corrected chi connectivity index (χ2v) is 5.63. The van der Waals surface area contributed by atoms with Crippen LogP contribution in [0.1, 0.15) is 38.5 Å². The Morgan fingerprint density at radius 3 is 2.38 bits per heavy atom. The van der Waals surface area contributed by atoms with E-state index < -0.39 is 0 Å². The lowest BCUT2D eigenvalue weighted by molar-refractivity contribution is 0.107. The molecular formula is C13H26N2O. The predicted molar refractivity (Wildman–Crippen MR) is 66.2 cm³/mol. The Kier molecular flexibility index (Phi) is 4.62. The van der Waals surface area contributed by atoms with Gasteiger partial charge in [0, 0.05) is 19.2 Å². The van der Waals surface area contributed by atoms with E-state index in [1.807, 2.05) is 0 Å². The zero-order chi connectivity index (χ0) is 11.4.